The van der Waals surface area contributed by atoms with Crippen LogP contribution in [0.25, 0.3) is 11.1 Å². The SMILES string of the molecule is CCOc1ccc(-c2ccc(/C(C)=N\O)c(O)c2)cc1. The van der Waals surface area contributed by atoms with Crippen LogP contribution in [0.1, 0.15) is 19.4 Å². The van der Waals surface area contributed by atoms with E-state index in [1.54, 1.807) is 19.1 Å². The van der Waals surface area contributed by atoms with E-state index in [0.29, 0.717) is 17.9 Å². The number of rotatable bonds is 4. The molecule has 4 heteroatoms. The smallest absolute Gasteiger partial charge is 0.125 e. The van der Waals surface area contributed by atoms with Gasteiger partial charge in [-0.2, -0.15) is 0 Å². The Morgan fingerprint density at radius 2 is 1.75 bits per heavy atom. The minimum Gasteiger partial charge on any atom is -0.507 e. The van der Waals surface area contributed by atoms with E-state index in [1.807, 2.05) is 37.3 Å². The van der Waals surface area contributed by atoms with Gasteiger partial charge in [-0.15, -0.1) is 0 Å². The van der Waals surface area contributed by atoms with Crippen molar-refractivity contribution in [1.82, 2.24) is 0 Å². The molecule has 0 fully saturated rings. The number of nitrogens with zero attached hydrogens (tertiary/aromatic N) is 1. The Labute approximate surface area is 117 Å². The van der Waals surface area contributed by atoms with Crippen molar-refractivity contribution < 1.29 is 15.1 Å². The molecular weight excluding hydrogens is 254 g/mol. The molecule has 0 unspecified atom stereocenters. The molecule has 0 bridgehead atoms. The van der Waals surface area contributed by atoms with Gasteiger partial charge in [-0.05, 0) is 49.2 Å². The molecule has 0 saturated heterocycles. The van der Waals surface area contributed by atoms with Crippen LogP contribution in [-0.4, -0.2) is 22.6 Å². The Morgan fingerprint density at radius 1 is 1.10 bits per heavy atom. The second-order valence-electron chi connectivity index (χ2n) is 4.37. The fraction of sp³-hybridized carbons (Fsp3) is 0.188. The third-order valence-electron chi connectivity index (χ3n) is 3.04. The van der Waals surface area contributed by atoms with Crippen molar-refractivity contribution in [1.29, 1.82) is 0 Å². The van der Waals surface area contributed by atoms with Gasteiger partial charge in [0.2, 0.25) is 0 Å². The largest absolute Gasteiger partial charge is 0.507 e. The topological polar surface area (TPSA) is 62.0 Å². The molecule has 0 aromatic heterocycles. The molecule has 0 spiro atoms. The Bertz CT molecular complexity index is 618. The van der Waals surface area contributed by atoms with Crippen molar-refractivity contribution in [2.24, 2.45) is 5.16 Å². The summed E-state index contributed by atoms with van der Waals surface area (Å²) in [6, 6.07) is 12.9. The number of hydrogen-bond acceptors (Lipinski definition) is 4. The maximum atomic E-state index is 9.98. The van der Waals surface area contributed by atoms with E-state index in [4.69, 9.17) is 9.94 Å². The summed E-state index contributed by atoms with van der Waals surface area (Å²) in [7, 11) is 0. The lowest BCUT2D eigenvalue weighted by molar-refractivity contribution is 0.318. The summed E-state index contributed by atoms with van der Waals surface area (Å²) in [6.07, 6.45) is 0. The first kappa shape index (κ1) is 13.9. The highest BCUT2D eigenvalue weighted by atomic mass is 16.5. The number of phenolic OH excluding ortho intramolecular Hbond substituents is 1. The molecule has 2 aromatic carbocycles. The molecule has 0 heterocycles. The molecule has 2 rings (SSSR count). The minimum absolute atomic E-state index is 0.0895. The van der Waals surface area contributed by atoms with Crippen molar-refractivity contribution >= 4 is 5.71 Å². The van der Waals surface area contributed by atoms with E-state index in [0.717, 1.165) is 16.9 Å². The Balaban J connectivity index is 2.31. The van der Waals surface area contributed by atoms with Gasteiger partial charge < -0.3 is 15.1 Å². The lowest BCUT2D eigenvalue weighted by atomic mass is 10.0. The van der Waals surface area contributed by atoms with Crippen LogP contribution in [0.15, 0.2) is 47.6 Å². The highest BCUT2D eigenvalue weighted by Crippen LogP contribution is 2.28. The minimum atomic E-state index is 0.0895. The van der Waals surface area contributed by atoms with Gasteiger partial charge in [0.25, 0.3) is 0 Å². The van der Waals surface area contributed by atoms with Gasteiger partial charge in [-0.25, -0.2) is 0 Å². The average Bonchev–Trinajstić information content (AvgIpc) is 2.47. The molecule has 0 aliphatic heterocycles. The summed E-state index contributed by atoms with van der Waals surface area (Å²) in [5, 5.41) is 21.8. The number of phenols is 1. The number of oxime groups is 1. The fourth-order valence-corrected chi connectivity index (χ4v) is 1.98. The Kier molecular flexibility index (Phi) is 4.25. The summed E-state index contributed by atoms with van der Waals surface area (Å²) in [4.78, 5) is 0. The Hall–Kier alpha value is -2.49. The second kappa shape index (κ2) is 6.10. The molecular formula is C16H17NO3. The predicted octanol–water partition coefficient (Wildman–Crippen LogP) is 3.66. The zero-order valence-electron chi connectivity index (χ0n) is 11.5. The van der Waals surface area contributed by atoms with Gasteiger partial charge in [-0.3, -0.25) is 0 Å². The lowest BCUT2D eigenvalue weighted by Crippen LogP contribution is -1.95. The first-order valence-corrected chi connectivity index (χ1v) is 6.41. The van der Waals surface area contributed by atoms with Gasteiger partial charge in [0.1, 0.15) is 11.5 Å². The molecule has 0 amide bonds. The van der Waals surface area contributed by atoms with Crippen LogP contribution in [0.4, 0.5) is 0 Å². The van der Waals surface area contributed by atoms with E-state index in [9.17, 15) is 5.11 Å². The van der Waals surface area contributed by atoms with Crippen molar-refractivity contribution in [3.63, 3.8) is 0 Å². The van der Waals surface area contributed by atoms with E-state index >= 15 is 0 Å². The van der Waals surface area contributed by atoms with E-state index in [-0.39, 0.29) is 5.75 Å². The standard InChI is InChI=1S/C16H17NO3/c1-3-20-14-7-4-12(5-8-14)13-6-9-15(11(2)17-19)16(18)10-13/h4-10,18-19H,3H2,1-2H3/b17-11-. The lowest BCUT2D eigenvalue weighted by Gasteiger charge is -2.08. The zero-order chi connectivity index (χ0) is 14.5. The number of aromatic hydroxyl groups is 1. The summed E-state index contributed by atoms with van der Waals surface area (Å²) >= 11 is 0. The highest BCUT2D eigenvalue weighted by molar-refractivity contribution is 6.01. The van der Waals surface area contributed by atoms with Gasteiger partial charge >= 0.3 is 0 Å². The van der Waals surface area contributed by atoms with Crippen molar-refractivity contribution in [3.8, 4) is 22.6 Å². The molecule has 2 N–H and O–H groups in total. The highest BCUT2D eigenvalue weighted by Gasteiger charge is 2.07. The van der Waals surface area contributed by atoms with Crippen molar-refractivity contribution in [2.75, 3.05) is 6.61 Å². The third kappa shape index (κ3) is 2.91. The van der Waals surface area contributed by atoms with Gasteiger partial charge in [0.05, 0.1) is 12.3 Å². The molecule has 0 aliphatic carbocycles. The quantitative estimate of drug-likeness (QED) is 0.507. The number of benzene rings is 2. The monoisotopic (exact) mass is 271 g/mol. The van der Waals surface area contributed by atoms with Gasteiger partial charge in [0, 0.05) is 5.56 Å². The first-order chi connectivity index (χ1) is 9.65. The van der Waals surface area contributed by atoms with Crippen molar-refractivity contribution in [3.05, 3.63) is 48.0 Å². The average molecular weight is 271 g/mol. The van der Waals surface area contributed by atoms with Crippen molar-refractivity contribution in [2.45, 2.75) is 13.8 Å². The maximum absolute atomic E-state index is 9.98. The van der Waals surface area contributed by atoms with Crippen LogP contribution in [0.3, 0.4) is 0 Å². The fourth-order valence-electron chi connectivity index (χ4n) is 1.98. The summed E-state index contributed by atoms with van der Waals surface area (Å²) in [5.74, 6) is 0.909. The summed E-state index contributed by atoms with van der Waals surface area (Å²) in [6.45, 7) is 4.20. The molecule has 0 saturated carbocycles. The molecule has 0 atom stereocenters. The summed E-state index contributed by atoms with van der Waals surface area (Å²) < 4.78 is 5.39. The predicted molar refractivity (Wildman–Crippen MR) is 78.7 cm³/mol. The zero-order valence-corrected chi connectivity index (χ0v) is 11.5. The molecule has 0 aliphatic rings. The van der Waals surface area contributed by atoms with Crippen LogP contribution in [0, 0.1) is 0 Å². The maximum Gasteiger partial charge on any atom is 0.125 e. The molecule has 104 valence electrons. The molecule has 20 heavy (non-hydrogen) atoms. The molecule has 2 aromatic rings. The van der Waals surface area contributed by atoms with Gasteiger partial charge in [0.15, 0.2) is 0 Å². The van der Waals surface area contributed by atoms with Crippen LogP contribution in [0.2, 0.25) is 0 Å². The normalized spacial score (nSPS) is 11.4. The van der Waals surface area contributed by atoms with Crippen LogP contribution in [0.5, 0.6) is 11.5 Å². The summed E-state index contributed by atoms with van der Waals surface area (Å²) in [5.41, 5.74) is 2.76. The molecule has 0 radical (unpaired) electrons. The van der Waals surface area contributed by atoms with E-state index in [2.05, 4.69) is 5.16 Å². The van der Waals surface area contributed by atoms with Crippen LogP contribution in [-0.2, 0) is 0 Å². The van der Waals surface area contributed by atoms with Gasteiger partial charge in [-0.1, -0.05) is 23.4 Å². The number of hydrogen-bond donors (Lipinski definition) is 2. The Morgan fingerprint density at radius 3 is 2.30 bits per heavy atom. The van der Waals surface area contributed by atoms with Crippen LogP contribution >= 0.6 is 0 Å². The van der Waals surface area contributed by atoms with Crippen LogP contribution < -0.4 is 4.74 Å². The number of ether oxygens (including phenoxy) is 1. The third-order valence-corrected chi connectivity index (χ3v) is 3.04. The first-order valence-electron chi connectivity index (χ1n) is 6.41. The van der Waals surface area contributed by atoms with E-state index < -0.39 is 0 Å². The molecule has 4 nitrogen and oxygen atoms in total. The second-order valence-corrected chi connectivity index (χ2v) is 4.37. The van der Waals surface area contributed by atoms with E-state index in [1.165, 1.54) is 0 Å².